The third-order valence-electron chi connectivity index (χ3n) is 2.96. The fraction of sp³-hybridized carbons (Fsp3) is 0.538. The average molecular weight is 220 g/mol. The molecule has 3 heteroatoms. The fourth-order valence-corrected chi connectivity index (χ4v) is 2.12. The average Bonchev–Trinajstić information content (AvgIpc) is 2.67. The highest BCUT2D eigenvalue weighted by atomic mass is 16.5. The molecule has 0 saturated heterocycles. The molecule has 1 aliphatic heterocycles. The van der Waals surface area contributed by atoms with Crippen molar-refractivity contribution < 1.29 is 4.74 Å². The van der Waals surface area contributed by atoms with Crippen LogP contribution >= 0.6 is 0 Å². The van der Waals surface area contributed by atoms with E-state index in [-0.39, 0.29) is 0 Å². The quantitative estimate of drug-likeness (QED) is 0.609. The van der Waals surface area contributed by atoms with Crippen molar-refractivity contribution in [3.8, 4) is 0 Å². The molecule has 0 atom stereocenters. The molecular formula is C13H20N2O. The lowest BCUT2D eigenvalue weighted by molar-refractivity contribution is 0.141. The van der Waals surface area contributed by atoms with E-state index in [1.54, 1.807) is 0 Å². The van der Waals surface area contributed by atoms with Gasteiger partial charge in [0.25, 0.3) is 0 Å². The van der Waals surface area contributed by atoms with Crippen molar-refractivity contribution in [1.29, 1.82) is 0 Å². The summed E-state index contributed by atoms with van der Waals surface area (Å²) in [7, 11) is 0. The van der Waals surface area contributed by atoms with Crippen LogP contribution in [0.15, 0.2) is 18.2 Å². The second-order valence-electron chi connectivity index (χ2n) is 4.24. The highest BCUT2D eigenvalue weighted by molar-refractivity contribution is 5.64. The number of benzene rings is 1. The van der Waals surface area contributed by atoms with Crippen molar-refractivity contribution in [2.45, 2.75) is 19.8 Å². The number of nitrogens with two attached hydrogens (primary N) is 1. The van der Waals surface area contributed by atoms with Crippen molar-refractivity contribution in [3.05, 3.63) is 23.8 Å². The summed E-state index contributed by atoms with van der Waals surface area (Å²) in [5.74, 6) is 0. The van der Waals surface area contributed by atoms with E-state index < -0.39 is 0 Å². The van der Waals surface area contributed by atoms with Gasteiger partial charge in [-0.3, -0.25) is 0 Å². The molecule has 0 radical (unpaired) electrons. The molecule has 3 nitrogen and oxygen atoms in total. The number of hydrogen-bond acceptors (Lipinski definition) is 3. The second kappa shape index (κ2) is 5.21. The van der Waals surface area contributed by atoms with Crippen molar-refractivity contribution in [1.82, 2.24) is 0 Å². The lowest BCUT2D eigenvalue weighted by Gasteiger charge is -2.19. The van der Waals surface area contributed by atoms with Gasteiger partial charge in [-0.1, -0.05) is 13.0 Å². The first-order valence-corrected chi connectivity index (χ1v) is 6.02. The predicted octanol–water partition coefficient (Wildman–Crippen LogP) is 2.06. The van der Waals surface area contributed by atoms with Crippen LogP contribution in [0.2, 0.25) is 0 Å². The van der Waals surface area contributed by atoms with Crippen LogP contribution in [-0.2, 0) is 11.2 Å². The number of anilines is 2. The number of fused-ring (bicyclic) bond motifs is 1. The summed E-state index contributed by atoms with van der Waals surface area (Å²) < 4.78 is 5.52. The van der Waals surface area contributed by atoms with Crippen LogP contribution in [0.3, 0.4) is 0 Å². The van der Waals surface area contributed by atoms with Crippen LogP contribution in [0.4, 0.5) is 11.4 Å². The fourth-order valence-electron chi connectivity index (χ4n) is 2.12. The minimum absolute atomic E-state index is 0.808. The highest BCUT2D eigenvalue weighted by Gasteiger charge is 2.18. The molecule has 0 aromatic heterocycles. The van der Waals surface area contributed by atoms with E-state index in [1.807, 2.05) is 6.07 Å². The molecule has 2 rings (SSSR count). The first kappa shape index (κ1) is 11.3. The Morgan fingerprint density at radius 2 is 2.25 bits per heavy atom. The molecule has 2 N–H and O–H groups in total. The van der Waals surface area contributed by atoms with Crippen LogP contribution < -0.4 is 10.6 Å². The van der Waals surface area contributed by atoms with Gasteiger partial charge in [0.1, 0.15) is 0 Å². The largest absolute Gasteiger partial charge is 0.399 e. The summed E-state index contributed by atoms with van der Waals surface area (Å²) in [6.07, 6.45) is 2.22. The zero-order chi connectivity index (χ0) is 11.4. The Bertz CT molecular complexity index is 352. The van der Waals surface area contributed by atoms with Crippen LogP contribution in [0.25, 0.3) is 0 Å². The summed E-state index contributed by atoms with van der Waals surface area (Å²) in [4.78, 5) is 2.36. The molecule has 0 unspecified atom stereocenters. The summed E-state index contributed by atoms with van der Waals surface area (Å²) in [6.45, 7) is 5.86. The van der Waals surface area contributed by atoms with E-state index in [2.05, 4.69) is 24.0 Å². The van der Waals surface area contributed by atoms with Crippen molar-refractivity contribution in [2.24, 2.45) is 0 Å². The maximum Gasteiger partial charge on any atom is 0.0641 e. The summed E-state index contributed by atoms with van der Waals surface area (Å²) in [5, 5.41) is 0. The van der Waals surface area contributed by atoms with E-state index in [4.69, 9.17) is 10.5 Å². The van der Waals surface area contributed by atoms with Gasteiger partial charge in [-0.05, 0) is 30.5 Å². The second-order valence-corrected chi connectivity index (χ2v) is 4.24. The minimum atomic E-state index is 0.808. The van der Waals surface area contributed by atoms with E-state index in [1.165, 1.54) is 11.3 Å². The smallest absolute Gasteiger partial charge is 0.0641 e. The summed E-state index contributed by atoms with van der Waals surface area (Å²) in [5.41, 5.74) is 9.36. The van der Waals surface area contributed by atoms with Crippen molar-refractivity contribution in [2.75, 3.05) is 36.9 Å². The number of hydrogen-bond donors (Lipinski definition) is 1. The van der Waals surface area contributed by atoms with E-state index in [9.17, 15) is 0 Å². The third-order valence-corrected chi connectivity index (χ3v) is 2.96. The Kier molecular flexibility index (Phi) is 3.67. The molecule has 1 heterocycles. The molecule has 0 amide bonds. The van der Waals surface area contributed by atoms with E-state index in [0.29, 0.717) is 0 Å². The number of rotatable bonds is 5. The van der Waals surface area contributed by atoms with Crippen LogP contribution in [-0.4, -0.2) is 26.3 Å². The van der Waals surface area contributed by atoms with Crippen molar-refractivity contribution in [3.63, 3.8) is 0 Å². The zero-order valence-electron chi connectivity index (χ0n) is 9.91. The minimum Gasteiger partial charge on any atom is -0.399 e. The number of nitrogens with zero attached hydrogens (tertiary/aromatic N) is 1. The lowest BCUT2D eigenvalue weighted by atomic mass is 10.1. The molecule has 1 aromatic rings. The van der Waals surface area contributed by atoms with E-state index >= 15 is 0 Å². The Morgan fingerprint density at radius 3 is 3.06 bits per heavy atom. The SMILES string of the molecule is CCCOCCN1CCc2ccc(N)cc21. The molecule has 16 heavy (non-hydrogen) atoms. The molecule has 0 aliphatic carbocycles. The molecule has 0 fully saturated rings. The van der Waals surface area contributed by atoms with Crippen LogP contribution in [0.5, 0.6) is 0 Å². The monoisotopic (exact) mass is 220 g/mol. The third kappa shape index (κ3) is 2.47. The Balaban J connectivity index is 1.92. The molecular weight excluding hydrogens is 200 g/mol. The normalized spacial score (nSPS) is 14.2. The Labute approximate surface area is 97.2 Å². The zero-order valence-corrected chi connectivity index (χ0v) is 9.91. The standard InChI is InChI=1S/C13H20N2O/c1-2-8-16-9-7-15-6-5-11-3-4-12(14)10-13(11)15/h3-4,10H,2,5-9,14H2,1H3. The van der Waals surface area contributed by atoms with Gasteiger partial charge in [-0.25, -0.2) is 0 Å². The highest BCUT2D eigenvalue weighted by Crippen LogP contribution is 2.29. The molecule has 1 aromatic carbocycles. The molecule has 0 spiro atoms. The topological polar surface area (TPSA) is 38.5 Å². The van der Waals surface area contributed by atoms with Gasteiger partial charge in [-0.2, -0.15) is 0 Å². The van der Waals surface area contributed by atoms with Gasteiger partial charge >= 0.3 is 0 Å². The predicted molar refractivity (Wildman–Crippen MR) is 67.9 cm³/mol. The van der Waals surface area contributed by atoms with Crippen LogP contribution in [0.1, 0.15) is 18.9 Å². The Hall–Kier alpha value is -1.22. The molecule has 1 aliphatic rings. The molecule has 0 bridgehead atoms. The Morgan fingerprint density at radius 1 is 1.38 bits per heavy atom. The maximum atomic E-state index is 5.81. The maximum absolute atomic E-state index is 5.81. The molecule has 88 valence electrons. The van der Waals surface area contributed by atoms with Gasteiger partial charge < -0.3 is 15.4 Å². The van der Waals surface area contributed by atoms with Crippen molar-refractivity contribution >= 4 is 11.4 Å². The van der Waals surface area contributed by atoms with Gasteiger partial charge in [-0.15, -0.1) is 0 Å². The van der Waals surface area contributed by atoms with Gasteiger partial charge in [0, 0.05) is 31.1 Å². The summed E-state index contributed by atoms with van der Waals surface area (Å²) >= 11 is 0. The number of nitrogen functional groups attached to an aromatic ring is 1. The lowest BCUT2D eigenvalue weighted by Crippen LogP contribution is -2.25. The van der Waals surface area contributed by atoms with Crippen LogP contribution in [0, 0.1) is 0 Å². The first-order chi connectivity index (χ1) is 7.81. The van der Waals surface area contributed by atoms with E-state index in [0.717, 1.165) is 44.8 Å². The van der Waals surface area contributed by atoms with Gasteiger partial charge in [0.15, 0.2) is 0 Å². The number of ether oxygens (including phenoxy) is 1. The van der Waals surface area contributed by atoms with Gasteiger partial charge in [0.05, 0.1) is 6.61 Å². The van der Waals surface area contributed by atoms with Gasteiger partial charge in [0.2, 0.25) is 0 Å². The summed E-state index contributed by atoms with van der Waals surface area (Å²) in [6, 6.07) is 6.19. The first-order valence-electron chi connectivity index (χ1n) is 6.02. The molecule has 0 saturated carbocycles.